The van der Waals surface area contributed by atoms with Crippen LogP contribution in [0.25, 0.3) is 0 Å². The molecule has 5 unspecified atom stereocenters. The molecule has 0 saturated carbocycles. The Bertz CT molecular complexity index is 861. The number of guanidine groups is 1. The van der Waals surface area contributed by atoms with E-state index >= 15 is 0 Å². The predicted octanol–water partition coefficient (Wildman–Crippen LogP) is -3.31. The van der Waals surface area contributed by atoms with E-state index in [0.717, 1.165) is 0 Å². The first-order valence-corrected chi connectivity index (χ1v) is 11.6. The fourth-order valence-electron chi connectivity index (χ4n) is 3.09. The van der Waals surface area contributed by atoms with E-state index in [1.165, 1.54) is 0 Å². The molecule has 0 saturated heterocycles. The van der Waals surface area contributed by atoms with Crippen molar-refractivity contribution in [1.82, 2.24) is 16.0 Å². The number of aliphatic carboxylic acids is 2. The molecule has 0 aromatic heterocycles. The molecule has 0 aliphatic heterocycles. The van der Waals surface area contributed by atoms with Gasteiger partial charge in [0.25, 0.3) is 0 Å². The van der Waals surface area contributed by atoms with E-state index in [-0.39, 0.29) is 38.2 Å². The zero-order valence-electron chi connectivity index (χ0n) is 20.9. The number of hydrogen-bond acceptors (Lipinski definition) is 8. The molecule has 13 N–H and O–H groups in total. The van der Waals surface area contributed by atoms with Crippen LogP contribution in [0.1, 0.15) is 52.4 Å². The Morgan fingerprint density at radius 2 is 1.46 bits per heavy atom. The van der Waals surface area contributed by atoms with Gasteiger partial charge in [0.2, 0.25) is 23.6 Å². The number of carboxylic acid groups (broad SMARTS) is 2. The van der Waals surface area contributed by atoms with Gasteiger partial charge in [0, 0.05) is 13.0 Å². The lowest BCUT2D eigenvalue weighted by atomic mass is 9.96. The number of carbonyl (C=O) groups is 6. The van der Waals surface area contributed by atoms with Crippen molar-refractivity contribution in [3.8, 4) is 0 Å². The lowest BCUT2D eigenvalue weighted by Crippen LogP contribution is -2.58. The van der Waals surface area contributed by atoms with Gasteiger partial charge in [-0.1, -0.05) is 20.3 Å². The van der Waals surface area contributed by atoms with Crippen LogP contribution >= 0.6 is 0 Å². The summed E-state index contributed by atoms with van der Waals surface area (Å²) in [5.74, 6) is -6.57. The van der Waals surface area contributed by atoms with E-state index in [9.17, 15) is 33.9 Å². The van der Waals surface area contributed by atoms with Crippen molar-refractivity contribution in [2.45, 2.75) is 76.5 Å². The van der Waals surface area contributed by atoms with Crippen molar-refractivity contribution >= 4 is 41.5 Å². The van der Waals surface area contributed by atoms with Gasteiger partial charge in [0.15, 0.2) is 5.96 Å². The van der Waals surface area contributed by atoms with Gasteiger partial charge < -0.3 is 49.1 Å². The van der Waals surface area contributed by atoms with Crippen LogP contribution in [-0.4, -0.2) is 82.5 Å². The van der Waals surface area contributed by atoms with Gasteiger partial charge in [-0.3, -0.25) is 29.0 Å². The Morgan fingerprint density at radius 1 is 0.865 bits per heavy atom. The summed E-state index contributed by atoms with van der Waals surface area (Å²) in [6, 6.07) is -5.28. The third kappa shape index (κ3) is 13.6. The molecule has 0 aliphatic rings. The van der Waals surface area contributed by atoms with Crippen molar-refractivity contribution in [3.63, 3.8) is 0 Å². The van der Waals surface area contributed by atoms with Crippen LogP contribution in [0.2, 0.25) is 0 Å². The summed E-state index contributed by atoms with van der Waals surface area (Å²) < 4.78 is 0. The number of nitrogens with two attached hydrogens (primary N) is 4. The smallest absolute Gasteiger partial charge is 0.326 e. The third-order valence-electron chi connectivity index (χ3n) is 5.40. The lowest BCUT2D eigenvalue weighted by molar-refractivity contribution is -0.143. The highest BCUT2D eigenvalue weighted by Gasteiger charge is 2.33. The number of nitrogens with one attached hydrogen (secondary N) is 3. The Morgan fingerprint density at radius 3 is 1.95 bits per heavy atom. The zero-order chi connectivity index (χ0) is 28.7. The molecule has 0 aliphatic carbocycles. The Balaban J connectivity index is 5.68. The molecule has 0 fully saturated rings. The molecule has 4 amide bonds. The number of nitrogens with zero attached hydrogens (tertiary/aromatic N) is 1. The molecule has 210 valence electrons. The van der Waals surface area contributed by atoms with Crippen molar-refractivity contribution in [1.29, 1.82) is 0 Å². The molecule has 16 heteroatoms. The highest BCUT2D eigenvalue weighted by molar-refractivity contribution is 5.95. The van der Waals surface area contributed by atoms with Crippen LogP contribution in [0.4, 0.5) is 0 Å². The van der Waals surface area contributed by atoms with E-state index in [0.29, 0.717) is 6.42 Å². The van der Waals surface area contributed by atoms with E-state index in [2.05, 4.69) is 20.9 Å². The normalized spacial score (nSPS) is 14.7. The fourth-order valence-corrected chi connectivity index (χ4v) is 3.09. The van der Waals surface area contributed by atoms with Crippen molar-refractivity contribution in [2.24, 2.45) is 33.8 Å². The van der Waals surface area contributed by atoms with Gasteiger partial charge in [-0.25, -0.2) is 4.79 Å². The van der Waals surface area contributed by atoms with Gasteiger partial charge in [-0.15, -0.1) is 0 Å². The van der Waals surface area contributed by atoms with Crippen LogP contribution in [0, 0.1) is 5.92 Å². The minimum Gasteiger partial charge on any atom is -0.481 e. The zero-order valence-corrected chi connectivity index (χ0v) is 20.9. The van der Waals surface area contributed by atoms with Gasteiger partial charge in [0.1, 0.15) is 18.1 Å². The summed E-state index contributed by atoms with van der Waals surface area (Å²) in [6.07, 6.45) is -0.533. The average molecular weight is 531 g/mol. The molecule has 0 heterocycles. The van der Waals surface area contributed by atoms with E-state index in [4.69, 9.17) is 28.0 Å². The van der Waals surface area contributed by atoms with E-state index in [1.807, 2.05) is 0 Å². The molecule has 0 aromatic carbocycles. The van der Waals surface area contributed by atoms with E-state index < -0.39 is 72.1 Å². The average Bonchev–Trinajstić information content (AvgIpc) is 2.79. The number of carboxylic acids is 2. The number of primary amides is 1. The monoisotopic (exact) mass is 530 g/mol. The van der Waals surface area contributed by atoms with Gasteiger partial charge in [-0.2, -0.15) is 0 Å². The predicted molar refractivity (Wildman–Crippen MR) is 131 cm³/mol. The molecule has 16 nitrogen and oxygen atoms in total. The second-order valence-electron chi connectivity index (χ2n) is 8.49. The summed E-state index contributed by atoms with van der Waals surface area (Å²) in [4.78, 5) is 75.6. The minimum atomic E-state index is -1.43. The fraction of sp³-hybridized carbons (Fsp3) is 0.667. The summed E-state index contributed by atoms with van der Waals surface area (Å²) in [5, 5.41) is 25.4. The summed E-state index contributed by atoms with van der Waals surface area (Å²) in [5.41, 5.74) is 21.2. The van der Waals surface area contributed by atoms with E-state index in [1.54, 1.807) is 13.8 Å². The molecular weight excluding hydrogens is 492 g/mol. The van der Waals surface area contributed by atoms with Crippen LogP contribution in [0.15, 0.2) is 4.99 Å². The first-order chi connectivity index (χ1) is 17.2. The lowest BCUT2D eigenvalue weighted by Gasteiger charge is -2.28. The maximum absolute atomic E-state index is 13.1. The van der Waals surface area contributed by atoms with Gasteiger partial charge >= 0.3 is 11.9 Å². The third-order valence-corrected chi connectivity index (χ3v) is 5.40. The first-order valence-electron chi connectivity index (χ1n) is 11.6. The maximum atomic E-state index is 13.1. The summed E-state index contributed by atoms with van der Waals surface area (Å²) >= 11 is 0. The van der Waals surface area contributed by atoms with Crippen molar-refractivity contribution in [2.75, 3.05) is 6.54 Å². The largest absolute Gasteiger partial charge is 0.481 e. The number of hydrogen-bond donors (Lipinski definition) is 9. The van der Waals surface area contributed by atoms with Crippen LogP contribution in [-0.2, 0) is 28.8 Å². The molecule has 5 atom stereocenters. The number of amides is 4. The molecule has 0 rings (SSSR count). The second-order valence-corrected chi connectivity index (χ2v) is 8.49. The van der Waals surface area contributed by atoms with Gasteiger partial charge in [0.05, 0.1) is 12.5 Å². The number of rotatable bonds is 18. The highest BCUT2D eigenvalue weighted by atomic mass is 16.4. The highest BCUT2D eigenvalue weighted by Crippen LogP contribution is 2.11. The molecule has 37 heavy (non-hydrogen) atoms. The van der Waals surface area contributed by atoms with Crippen LogP contribution in [0.5, 0.6) is 0 Å². The van der Waals surface area contributed by atoms with Crippen LogP contribution < -0.4 is 38.9 Å². The Hall–Kier alpha value is -3.95. The molecule has 0 aromatic rings. The summed E-state index contributed by atoms with van der Waals surface area (Å²) in [7, 11) is 0. The maximum Gasteiger partial charge on any atom is 0.326 e. The molecular formula is C21H38N8O8. The summed E-state index contributed by atoms with van der Waals surface area (Å²) in [6.45, 7) is 3.52. The van der Waals surface area contributed by atoms with Gasteiger partial charge in [-0.05, 0) is 25.2 Å². The van der Waals surface area contributed by atoms with Crippen molar-refractivity contribution < 1.29 is 39.0 Å². The first kappa shape index (κ1) is 33.0. The number of carbonyl (C=O) groups excluding carboxylic acids is 4. The standard InChI is InChI=1S/C21H38N8O8/c1-3-10(2)16(19(35)28-13(20(36)37)6-7-14(23)30)29-18(34)12(5-4-8-26-21(24)25)27-17(33)11(22)9-15(31)32/h10-13,16H,3-9,22H2,1-2H3,(H2,23,30)(H,27,33)(H,28,35)(H,29,34)(H,31,32)(H,36,37)(H4,24,25,26). The molecule has 0 radical (unpaired) electrons. The topological polar surface area (TPSA) is 295 Å². The Labute approximate surface area is 214 Å². The van der Waals surface area contributed by atoms with Crippen LogP contribution in [0.3, 0.4) is 0 Å². The SMILES string of the molecule is CCC(C)C(NC(=O)C(CCCN=C(N)N)NC(=O)C(N)CC(=O)O)C(=O)NC(CCC(N)=O)C(=O)O. The number of aliphatic imine (C=N–C) groups is 1. The van der Waals surface area contributed by atoms with Crippen molar-refractivity contribution in [3.05, 3.63) is 0 Å². The quantitative estimate of drug-likeness (QED) is 0.0480. The Kier molecular flexibility index (Phi) is 14.9. The molecule has 0 spiro atoms. The minimum absolute atomic E-state index is 0.0132. The second kappa shape index (κ2) is 16.7. The molecule has 0 bridgehead atoms.